The van der Waals surface area contributed by atoms with E-state index < -0.39 is 15.8 Å². The van der Waals surface area contributed by atoms with Gasteiger partial charge in [-0.05, 0) is 31.2 Å². The fraction of sp³-hybridized carbons (Fsp3) is 0.222. The average molecular weight is 358 g/mol. The SMILES string of the molecule is CCn1c2ccccc2/c(=N\OC(C)=O)c2cc(S(C)(=O)=O)ccc21. The van der Waals surface area contributed by atoms with E-state index in [4.69, 9.17) is 4.84 Å². The van der Waals surface area contributed by atoms with Crippen LogP contribution in [0.1, 0.15) is 13.8 Å². The van der Waals surface area contributed by atoms with Crippen molar-refractivity contribution >= 4 is 37.6 Å². The minimum atomic E-state index is -3.37. The molecule has 0 radical (unpaired) electrons. The van der Waals surface area contributed by atoms with Gasteiger partial charge in [0.15, 0.2) is 9.84 Å². The third kappa shape index (κ3) is 3.15. The summed E-state index contributed by atoms with van der Waals surface area (Å²) < 4.78 is 26.0. The van der Waals surface area contributed by atoms with Gasteiger partial charge in [0.1, 0.15) is 5.36 Å². The van der Waals surface area contributed by atoms with Crippen molar-refractivity contribution in [3.63, 3.8) is 0 Å². The molecule has 0 spiro atoms. The molecule has 0 fully saturated rings. The minimum Gasteiger partial charge on any atom is -0.341 e. The van der Waals surface area contributed by atoms with E-state index in [1.807, 2.05) is 31.2 Å². The highest BCUT2D eigenvalue weighted by Gasteiger charge is 2.13. The van der Waals surface area contributed by atoms with Gasteiger partial charge in [0.05, 0.1) is 15.9 Å². The van der Waals surface area contributed by atoms with Gasteiger partial charge in [-0.15, -0.1) is 0 Å². The van der Waals surface area contributed by atoms with Crippen molar-refractivity contribution in [2.24, 2.45) is 5.16 Å². The molecule has 25 heavy (non-hydrogen) atoms. The molecule has 0 saturated carbocycles. The number of aromatic nitrogens is 1. The van der Waals surface area contributed by atoms with Crippen LogP contribution in [0.3, 0.4) is 0 Å². The Morgan fingerprint density at radius 1 is 1.12 bits per heavy atom. The zero-order chi connectivity index (χ0) is 18.2. The highest BCUT2D eigenvalue weighted by molar-refractivity contribution is 7.90. The van der Waals surface area contributed by atoms with Crippen LogP contribution in [0.5, 0.6) is 0 Å². The van der Waals surface area contributed by atoms with E-state index in [1.54, 1.807) is 18.2 Å². The van der Waals surface area contributed by atoms with Crippen LogP contribution in [0.2, 0.25) is 0 Å². The van der Waals surface area contributed by atoms with E-state index >= 15 is 0 Å². The predicted octanol–water partition coefficient (Wildman–Crippen LogP) is 2.60. The predicted molar refractivity (Wildman–Crippen MR) is 95.6 cm³/mol. The number of pyridine rings is 1. The van der Waals surface area contributed by atoms with Gasteiger partial charge in [0.25, 0.3) is 0 Å². The second-order valence-electron chi connectivity index (χ2n) is 5.74. The molecule has 0 unspecified atom stereocenters. The molecule has 0 bridgehead atoms. The van der Waals surface area contributed by atoms with Gasteiger partial charge in [-0.25, -0.2) is 13.2 Å². The van der Waals surface area contributed by atoms with Gasteiger partial charge >= 0.3 is 5.97 Å². The lowest BCUT2D eigenvalue weighted by Gasteiger charge is -2.15. The zero-order valence-corrected chi connectivity index (χ0v) is 15.0. The van der Waals surface area contributed by atoms with Crippen molar-refractivity contribution in [2.45, 2.75) is 25.3 Å². The molecule has 0 aliphatic rings. The van der Waals surface area contributed by atoms with Crippen molar-refractivity contribution in [3.8, 4) is 0 Å². The van der Waals surface area contributed by atoms with Crippen molar-refractivity contribution in [1.29, 1.82) is 0 Å². The van der Waals surface area contributed by atoms with Crippen LogP contribution in [-0.2, 0) is 26.0 Å². The maximum atomic E-state index is 11.9. The van der Waals surface area contributed by atoms with Crippen LogP contribution in [0.25, 0.3) is 21.8 Å². The highest BCUT2D eigenvalue weighted by Crippen LogP contribution is 2.22. The van der Waals surface area contributed by atoms with Crippen molar-refractivity contribution in [2.75, 3.05) is 6.26 Å². The van der Waals surface area contributed by atoms with E-state index in [1.165, 1.54) is 6.92 Å². The molecule has 0 aliphatic carbocycles. The molecule has 0 saturated heterocycles. The molecule has 130 valence electrons. The van der Waals surface area contributed by atoms with Gasteiger partial charge in [-0.3, -0.25) is 0 Å². The van der Waals surface area contributed by atoms with Gasteiger partial charge in [0, 0.05) is 30.5 Å². The molecule has 3 rings (SSSR count). The fourth-order valence-corrected chi connectivity index (χ4v) is 3.55. The summed E-state index contributed by atoms with van der Waals surface area (Å²) in [5, 5.41) is 5.84. The summed E-state index contributed by atoms with van der Waals surface area (Å²) >= 11 is 0. The lowest BCUT2D eigenvalue weighted by molar-refractivity contribution is -0.141. The number of benzene rings is 2. The smallest absolute Gasteiger partial charge is 0.332 e. The van der Waals surface area contributed by atoms with Gasteiger partial charge in [0.2, 0.25) is 0 Å². The van der Waals surface area contributed by atoms with Crippen molar-refractivity contribution < 1.29 is 18.0 Å². The van der Waals surface area contributed by atoms with Crippen LogP contribution < -0.4 is 5.36 Å². The molecular formula is C18H18N2O4S. The third-order valence-electron chi connectivity index (χ3n) is 3.97. The average Bonchev–Trinajstić information content (AvgIpc) is 2.57. The number of hydrogen-bond acceptors (Lipinski definition) is 5. The first-order valence-electron chi connectivity index (χ1n) is 7.80. The molecule has 0 N–H and O–H groups in total. The number of carbonyl (C=O) groups is 1. The van der Waals surface area contributed by atoms with Crippen LogP contribution in [0, 0.1) is 0 Å². The second kappa shape index (κ2) is 6.33. The summed E-state index contributed by atoms with van der Waals surface area (Å²) in [6.07, 6.45) is 1.16. The number of hydrogen-bond donors (Lipinski definition) is 0. The van der Waals surface area contributed by atoms with Gasteiger partial charge in [-0.2, -0.15) is 0 Å². The quantitative estimate of drug-likeness (QED) is 0.410. The maximum Gasteiger partial charge on any atom is 0.332 e. The van der Waals surface area contributed by atoms with E-state index in [-0.39, 0.29) is 4.90 Å². The highest BCUT2D eigenvalue weighted by atomic mass is 32.2. The lowest BCUT2D eigenvalue weighted by Crippen LogP contribution is -2.14. The van der Waals surface area contributed by atoms with Crippen LogP contribution >= 0.6 is 0 Å². The van der Waals surface area contributed by atoms with Crippen LogP contribution in [-0.4, -0.2) is 25.2 Å². The Bertz CT molecular complexity index is 1160. The molecule has 0 aliphatic heterocycles. The second-order valence-corrected chi connectivity index (χ2v) is 7.75. The molecule has 1 aromatic heterocycles. The number of para-hydroxylation sites is 1. The Morgan fingerprint density at radius 3 is 2.44 bits per heavy atom. The van der Waals surface area contributed by atoms with E-state index in [9.17, 15) is 13.2 Å². The standard InChI is InChI=1S/C18H18N2O4S/c1-4-20-16-8-6-5-7-14(16)18(19-24-12(2)21)15-11-13(25(3,22)23)9-10-17(15)20/h5-11H,4H2,1-3H3/b19-18+. The Morgan fingerprint density at radius 2 is 1.80 bits per heavy atom. The number of rotatable bonds is 3. The Kier molecular flexibility index (Phi) is 4.34. The maximum absolute atomic E-state index is 11.9. The molecule has 3 aromatic rings. The van der Waals surface area contributed by atoms with E-state index in [0.29, 0.717) is 17.3 Å². The van der Waals surface area contributed by atoms with Gasteiger partial charge < -0.3 is 9.40 Å². The third-order valence-corrected chi connectivity index (χ3v) is 5.08. The normalized spacial score (nSPS) is 12.7. The summed E-state index contributed by atoms with van der Waals surface area (Å²) in [6, 6.07) is 12.5. The first kappa shape index (κ1) is 17.2. The molecule has 1 heterocycles. The Balaban J connectivity index is 2.57. The number of fused-ring (bicyclic) bond motifs is 2. The summed E-state index contributed by atoms with van der Waals surface area (Å²) in [5.74, 6) is -0.538. The van der Waals surface area contributed by atoms with Crippen LogP contribution in [0.4, 0.5) is 0 Å². The largest absolute Gasteiger partial charge is 0.341 e. The Labute approximate surface area is 145 Å². The fourth-order valence-electron chi connectivity index (χ4n) is 2.90. The lowest BCUT2D eigenvalue weighted by atomic mass is 10.1. The summed E-state index contributed by atoms with van der Waals surface area (Å²) in [6.45, 7) is 3.98. The monoisotopic (exact) mass is 358 g/mol. The summed E-state index contributed by atoms with van der Waals surface area (Å²) in [7, 11) is -3.37. The first-order valence-corrected chi connectivity index (χ1v) is 9.69. The molecule has 6 nitrogen and oxygen atoms in total. The first-order chi connectivity index (χ1) is 11.8. The molecular weight excluding hydrogens is 340 g/mol. The number of nitrogens with zero attached hydrogens (tertiary/aromatic N) is 2. The van der Waals surface area contributed by atoms with Crippen molar-refractivity contribution in [3.05, 3.63) is 47.8 Å². The molecule has 0 atom stereocenters. The van der Waals surface area contributed by atoms with Crippen LogP contribution in [0.15, 0.2) is 52.5 Å². The summed E-state index contributed by atoms with van der Waals surface area (Å²) in [4.78, 5) is 16.3. The summed E-state index contributed by atoms with van der Waals surface area (Å²) in [5.41, 5.74) is 1.75. The molecule has 0 amide bonds. The molecule has 7 heteroatoms. The van der Waals surface area contributed by atoms with E-state index in [0.717, 1.165) is 22.7 Å². The topological polar surface area (TPSA) is 77.7 Å². The van der Waals surface area contributed by atoms with Gasteiger partial charge in [-0.1, -0.05) is 23.4 Å². The zero-order valence-electron chi connectivity index (χ0n) is 14.2. The number of sulfone groups is 1. The minimum absolute atomic E-state index is 0.192. The number of carbonyl (C=O) groups excluding carboxylic acids is 1. The Hall–Kier alpha value is -2.67. The number of aryl methyl sites for hydroxylation is 1. The van der Waals surface area contributed by atoms with E-state index in [2.05, 4.69) is 9.72 Å². The molecule has 2 aromatic carbocycles. The van der Waals surface area contributed by atoms with Crippen molar-refractivity contribution in [1.82, 2.24) is 4.57 Å².